The normalized spacial score (nSPS) is 9.15. The third-order valence-corrected chi connectivity index (χ3v) is 2.38. The van der Waals surface area contributed by atoms with Crippen LogP contribution < -0.4 is 5.32 Å². The molecule has 0 aromatic carbocycles. The summed E-state index contributed by atoms with van der Waals surface area (Å²) >= 11 is 1.59. The van der Waals surface area contributed by atoms with E-state index in [1.54, 1.807) is 11.3 Å². The van der Waals surface area contributed by atoms with Crippen LogP contribution in [0.5, 0.6) is 0 Å². The second kappa shape index (κ2) is 5.39. The van der Waals surface area contributed by atoms with Crippen molar-refractivity contribution in [2.45, 2.75) is 12.8 Å². The van der Waals surface area contributed by atoms with Gasteiger partial charge in [-0.3, -0.25) is 4.79 Å². The molecule has 0 saturated heterocycles. The van der Waals surface area contributed by atoms with Crippen molar-refractivity contribution in [3.8, 4) is 12.3 Å². The van der Waals surface area contributed by atoms with Crippen LogP contribution in [0.25, 0.3) is 0 Å². The molecule has 0 unspecified atom stereocenters. The van der Waals surface area contributed by atoms with E-state index in [0.717, 1.165) is 4.88 Å². The Morgan fingerprint density at radius 1 is 1.69 bits per heavy atom. The fraction of sp³-hybridized carbons (Fsp3) is 0.300. The Labute approximate surface area is 82.0 Å². The van der Waals surface area contributed by atoms with E-state index in [2.05, 4.69) is 11.2 Å². The first kappa shape index (κ1) is 9.82. The van der Waals surface area contributed by atoms with Gasteiger partial charge in [0.05, 0.1) is 6.42 Å². The zero-order chi connectivity index (χ0) is 9.52. The molecule has 1 aromatic rings. The lowest BCUT2D eigenvalue weighted by atomic mass is 10.3. The molecule has 0 aliphatic rings. The fourth-order valence-corrected chi connectivity index (χ4v) is 1.61. The van der Waals surface area contributed by atoms with E-state index in [4.69, 9.17) is 6.42 Å². The number of carbonyl (C=O) groups is 1. The Morgan fingerprint density at radius 3 is 3.15 bits per heavy atom. The molecule has 0 radical (unpaired) electrons. The zero-order valence-electron chi connectivity index (χ0n) is 7.25. The molecule has 1 N–H and O–H groups in total. The predicted octanol–water partition coefficient (Wildman–Crippen LogP) is 1.43. The predicted molar refractivity (Wildman–Crippen MR) is 54.5 cm³/mol. The molecule has 1 aromatic heterocycles. The minimum absolute atomic E-state index is 0.0395. The van der Waals surface area contributed by atoms with Gasteiger partial charge >= 0.3 is 0 Å². The Bertz CT molecular complexity index is 297. The summed E-state index contributed by atoms with van der Waals surface area (Å²) in [5.41, 5.74) is 0. The highest BCUT2D eigenvalue weighted by Gasteiger charge is 2.01. The summed E-state index contributed by atoms with van der Waals surface area (Å²) in [5.74, 6) is 2.51. The molecule has 0 aliphatic carbocycles. The summed E-state index contributed by atoms with van der Waals surface area (Å²) in [4.78, 5) is 12.3. The molecule has 3 heteroatoms. The minimum atomic E-state index is 0.0395. The lowest BCUT2D eigenvalue weighted by molar-refractivity contribution is -0.120. The van der Waals surface area contributed by atoms with Crippen LogP contribution in [-0.4, -0.2) is 12.5 Å². The van der Waals surface area contributed by atoms with Crippen molar-refractivity contribution in [2.24, 2.45) is 0 Å². The largest absolute Gasteiger partial charge is 0.355 e. The monoisotopic (exact) mass is 193 g/mol. The van der Waals surface area contributed by atoms with E-state index in [9.17, 15) is 4.79 Å². The number of hydrogen-bond acceptors (Lipinski definition) is 2. The third kappa shape index (κ3) is 3.77. The van der Waals surface area contributed by atoms with Crippen molar-refractivity contribution in [2.75, 3.05) is 6.54 Å². The van der Waals surface area contributed by atoms with Gasteiger partial charge in [0, 0.05) is 17.8 Å². The van der Waals surface area contributed by atoms with E-state index >= 15 is 0 Å². The van der Waals surface area contributed by atoms with Crippen LogP contribution >= 0.6 is 11.3 Å². The minimum Gasteiger partial charge on any atom is -0.355 e. The maximum absolute atomic E-state index is 11.2. The molecular weight excluding hydrogens is 182 g/mol. The van der Waals surface area contributed by atoms with Crippen LogP contribution in [0.3, 0.4) is 0 Å². The second-order valence-corrected chi connectivity index (χ2v) is 3.59. The molecule has 68 valence electrons. The Kier molecular flexibility index (Phi) is 4.07. The molecular formula is C10H11NOS. The third-order valence-electron chi connectivity index (χ3n) is 1.51. The van der Waals surface area contributed by atoms with Gasteiger partial charge in [0.1, 0.15) is 0 Å². The van der Waals surface area contributed by atoms with E-state index in [1.165, 1.54) is 0 Å². The van der Waals surface area contributed by atoms with Gasteiger partial charge in [-0.2, -0.15) is 0 Å². The van der Waals surface area contributed by atoms with Gasteiger partial charge in [0.2, 0.25) is 5.91 Å². The molecule has 2 nitrogen and oxygen atoms in total. The highest BCUT2D eigenvalue weighted by Crippen LogP contribution is 2.08. The highest BCUT2D eigenvalue weighted by molar-refractivity contribution is 7.10. The van der Waals surface area contributed by atoms with E-state index in [0.29, 0.717) is 19.4 Å². The molecule has 1 amide bonds. The van der Waals surface area contributed by atoms with Gasteiger partial charge in [-0.05, 0) is 11.4 Å². The average Bonchev–Trinajstić information content (AvgIpc) is 2.57. The van der Waals surface area contributed by atoms with Crippen molar-refractivity contribution < 1.29 is 4.79 Å². The van der Waals surface area contributed by atoms with Crippen LogP contribution in [-0.2, 0) is 11.2 Å². The lowest BCUT2D eigenvalue weighted by Crippen LogP contribution is -2.25. The van der Waals surface area contributed by atoms with Gasteiger partial charge in [0.25, 0.3) is 0 Å². The molecule has 1 rings (SSSR count). The molecule has 13 heavy (non-hydrogen) atoms. The molecule has 0 bridgehead atoms. The van der Waals surface area contributed by atoms with Crippen LogP contribution in [0.4, 0.5) is 0 Å². The zero-order valence-corrected chi connectivity index (χ0v) is 8.06. The van der Waals surface area contributed by atoms with Crippen LogP contribution in [0.2, 0.25) is 0 Å². The number of amides is 1. The average molecular weight is 193 g/mol. The summed E-state index contributed by atoms with van der Waals surface area (Å²) in [6.07, 6.45) is 6.11. The van der Waals surface area contributed by atoms with Crippen molar-refractivity contribution in [1.29, 1.82) is 0 Å². The second-order valence-electron chi connectivity index (χ2n) is 2.56. The highest BCUT2D eigenvalue weighted by atomic mass is 32.1. The van der Waals surface area contributed by atoms with Crippen molar-refractivity contribution >= 4 is 17.2 Å². The first-order valence-electron chi connectivity index (χ1n) is 4.05. The summed E-state index contributed by atoms with van der Waals surface area (Å²) in [6.45, 7) is 0.570. The maximum atomic E-state index is 11.2. The quantitative estimate of drug-likeness (QED) is 0.569. The summed E-state index contributed by atoms with van der Waals surface area (Å²) in [5, 5.41) is 4.71. The van der Waals surface area contributed by atoms with Gasteiger partial charge in [0.15, 0.2) is 0 Å². The van der Waals surface area contributed by atoms with Crippen LogP contribution in [0, 0.1) is 12.3 Å². The molecule has 0 atom stereocenters. The summed E-state index contributed by atoms with van der Waals surface area (Å²) in [7, 11) is 0. The summed E-state index contributed by atoms with van der Waals surface area (Å²) in [6, 6.07) is 3.89. The standard InChI is InChI=1S/C10H11NOS/c1-2-3-6-11-10(12)8-9-5-4-7-13-9/h1,4-5,7H,3,6,8H2,(H,11,12). The van der Waals surface area contributed by atoms with Gasteiger partial charge < -0.3 is 5.32 Å². The number of hydrogen-bond donors (Lipinski definition) is 1. The molecule has 1 heterocycles. The topological polar surface area (TPSA) is 29.1 Å². The van der Waals surface area contributed by atoms with Crippen molar-refractivity contribution in [3.63, 3.8) is 0 Å². The van der Waals surface area contributed by atoms with E-state index in [-0.39, 0.29) is 5.91 Å². The molecule has 0 fully saturated rings. The maximum Gasteiger partial charge on any atom is 0.225 e. The SMILES string of the molecule is C#CCCNC(=O)Cc1cccs1. The van der Waals surface area contributed by atoms with Crippen molar-refractivity contribution in [1.82, 2.24) is 5.32 Å². The molecule has 0 spiro atoms. The Balaban J connectivity index is 2.23. The first-order chi connectivity index (χ1) is 6.33. The number of thiophene rings is 1. The van der Waals surface area contributed by atoms with Gasteiger partial charge in [-0.1, -0.05) is 6.07 Å². The van der Waals surface area contributed by atoms with Crippen LogP contribution in [0.1, 0.15) is 11.3 Å². The molecule has 0 aliphatic heterocycles. The van der Waals surface area contributed by atoms with E-state index < -0.39 is 0 Å². The summed E-state index contributed by atoms with van der Waals surface area (Å²) < 4.78 is 0. The Morgan fingerprint density at radius 2 is 2.54 bits per heavy atom. The number of nitrogens with one attached hydrogen (secondary N) is 1. The van der Waals surface area contributed by atoms with Gasteiger partial charge in [-0.25, -0.2) is 0 Å². The van der Waals surface area contributed by atoms with Crippen molar-refractivity contribution in [3.05, 3.63) is 22.4 Å². The van der Waals surface area contributed by atoms with Crippen LogP contribution in [0.15, 0.2) is 17.5 Å². The smallest absolute Gasteiger partial charge is 0.225 e. The van der Waals surface area contributed by atoms with E-state index in [1.807, 2.05) is 17.5 Å². The molecule has 0 saturated carbocycles. The first-order valence-corrected chi connectivity index (χ1v) is 4.93. The number of rotatable bonds is 4. The number of carbonyl (C=O) groups excluding carboxylic acids is 1. The Hall–Kier alpha value is -1.27. The lowest BCUT2D eigenvalue weighted by Gasteiger charge is -2.00. The number of terminal acetylenes is 1. The van der Waals surface area contributed by atoms with Gasteiger partial charge in [-0.15, -0.1) is 23.7 Å². The fourth-order valence-electron chi connectivity index (χ4n) is 0.908.